The Morgan fingerprint density at radius 1 is 1.11 bits per heavy atom. The lowest BCUT2D eigenvalue weighted by Gasteiger charge is -2.18. The van der Waals surface area contributed by atoms with E-state index in [0.717, 1.165) is 0 Å². The van der Waals surface area contributed by atoms with Gasteiger partial charge in [0.15, 0.2) is 0 Å². The molecule has 7 heteroatoms. The van der Waals surface area contributed by atoms with Crippen molar-refractivity contribution in [2.24, 2.45) is 0 Å². The highest BCUT2D eigenvalue weighted by molar-refractivity contribution is 7.85. The normalized spacial score (nSPS) is 15.2. The number of rotatable bonds is 5. The summed E-state index contributed by atoms with van der Waals surface area (Å²) < 4.78 is 31.9. The second-order valence-corrected chi connectivity index (χ2v) is 6.08. The maximum absolute atomic E-state index is 11.4. The summed E-state index contributed by atoms with van der Waals surface area (Å²) in [6, 6.07) is 2.57. The molecule has 19 heavy (non-hydrogen) atoms. The summed E-state index contributed by atoms with van der Waals surface area (Å²) >= 11 is 0. The zero-order chi connectivity index (χ0) is 14.8. The zero-order valence-electron chi connectivity index (χ0n) is 10.9. The number of benzene rings is 1. The quantitative estimate of drug-likeness (QED) is 0.459. The Labute approximate surface area is 112 Å². The van der Waals surface area contributed by atoms with E-state index in [4.69, 9.17) is 5.73 Å². The molecule has 0 aliphatic rings. The van der Waals surface area contributed by atoms with Gasteiger partial charge >= 0.3 is 0 Å². The van der Waals surface area contributed by atoms with Gasteiger partial charge in [-0.25, -0.2) is 0 Å². The van der Waals surface area contributed by atoms with Crippen LogP contribution in [-0.4, -0.2) is 35.4 Å². The molecule has 0 radical (unpaired) electrons. The number of nitrogens with two attached hydrogens (primary N) is 1. The molecule has 0 aromatic heterocycles. The Balaban J connectivity index is 3.50. The summed E-state index contributed by atoms with van der Waals surface area (Å²) in [4.78, 5) is -0.279. The molecule has 1 rings (SSSR count). The molecule has 0 saturated heterocycles. The van der Waals surface area contributed by atoms with Crippen LogP contribution in [0.25, 0.3) is 0 Å². The van der Waals surface area contributed by atoms with Crippen LogP contribution in [0.1, 0.15) is 25.0 Å². The van der Waals surface area contributed by atoms with Crippen LogP contribution >= 0.6 is 0 Å². The Bertz CT molecular complexity index is 551. The summed E-state index contributed by atoms with van der Waals surface area (Å²) in [5, 5.41) is 18.9. The lowest BCUT2D eigenvalue weighted by molar-refractivity contribution is 0.188. The van der Waals surface area contributed by atoms with E-state index in [-0.39, 0.29) is 23.3 Å². The molecule has 0 bridgehead atoms. The molecule has 0 amide bonds. The van der Waals surface area contributed by atoms with Gasteiger partial charge in [-0.3, -0.25) is 4.55 Å². The van der Waals surface area contributed by atoms with Gasteiger partial charge in [0, 0.05) is 12.1 Å². The first-order valence-corrected chi connectivity index (χ1v) is 7.30. The molecule has 0 aliphatic heterocycles. The molecule has 1 aromatic carbocycles. The molecule has 0 fully saturated rings. The van der Waals surface area contributed by atoms with E-state index in [0.29, 0.717) is 11.3 Å². The summed E-state index contributed by atoms with van der Waals surface area (Å²) in [6.45, 7) is 3.05. The lowest BCUT2D eigenvalue weighted by Crippen LogP contribution is -2.17. The summed E-state index contributed by atoms with van der Waals surface area (Å²) in [5.41, 5.74) is 6.80. The van der Waals surface area contributed by atoms with E-state index in [1.807, 2.05) is 0 Å². The SMILES string of the molecule is CC(O)Cc1c(N)ccc(S(=O)(=O)O)c1CC(C)O. The monoisotopic (exact) mass is 289 g/mol. The number of hydrogen-bond donors (Lipinski definition) is 4. The number of nitrogen functional groups attached to an aromatic ring is 1. The van der Waals surface area contributed by atoms with Crippen molar-refractivity contribution in [1.29, 1.82) is 0 Å². The molecule has 0 saturated carbocycles. The molecular weight excluding hydrogens is 270 g/mol. The average molecular weight is 289 g/mol. The second kappa shape index (κ2) is 5.87. The van der Waals surface area contributed by atoms with E-state index in [1.54, 1.807) is 6.92 Å². The van der Waals surface area contributed by atoms with Crippen molar-refractivity contribution < 1.29 is 23.2 Å². The van der Waals surface area contributed by atoms with Crippen LogP contribution in [0.5, 0.6) is 0 Å². The smallest absolute Gasteiger partial charge is 0.294 e. The first kappa shape index (κ1) is 15.9. The van der Waals surface area contributed by atoms with Crippen LogP contribution in [0.2, 0.25) is 0 Å². The molecule has 0 heterocycles. The fourth-order valence-electron chi connectivity index (χ4n) is 1.99. The topological polar surface area (TPSA) is 121 Å². The molecule has 1 aromatic rings. The number of anilines is 1. The second-order valence-electron chi connectivity index (χ2n) is 4.69. The van der Waals surface area contributed by atoms with Gasteiger partial charge < -0.3 is 15.9 Å². The summed E-state index contributed by atoms with van der Waals surface area (Å²) in [5.74, 6) is 0. The van der Waals surface area contributed by atoms with Gasteiger partial charge in [-0.15, -0.1) is 0 Å². The number of hydrogen-bond acceptors (Lipinski definition) is 5. The Morgan fingerprint density at radius 2 is 1.58 bits per heavy atom. The third kappa shape index (κ3) is 4.17. The molecule has 0 aliphatic carbocycles. The molecular formula is C12H19NO5S. The van der Waals surface area contributed by atoms with E-state index in [2.05, 4.69) is 0 Å². The van der Waals surface area contributed by atoms with Crippen LogP contribution < -0.4 is 5.73 Å². The van der Waals surface area contributed by atoms with Crippen molar-refractivity contribution in [3.63, 3.8) is 0 Å². The van der Waals surface area contributed by atoms with Crippen molar-refractivity contribution in [1.82, 2.24) is 0 Å². The van der Waals surface area contributed by atoms with Crippen molar-refractivity contribution in [2.75, 3.05) is 5.73 Å². The van der Waals surface area contributed by atoms with Crippen molar-refractivity contribution in [2.45, 2.75) is 43.8 Å². The minimum Gasteiger partial charge on any atom is -0.398 e. The first-order valence-electron chi connectivity index (χ1n) is 5.86. The zero-order valence-corrected chi connectivity index (χ0v) is 11.7. The maximum Gasteiger partial charge on any atom is 0.294 e. The number of aliphatic hydroxyl groups is 2. The number of aliphatic hydroxyl groups excluding tert-OH is 2. The average Bonchev–Trinajstić information content (AvgIpc) is 2.20. The highest BCUT2D eigenvalue weighted by Crippen LogP contribution is 2.27. The summed E-state index contributed by atoms with van der Waals surface area (Å²) in [6.07, 6.45) is -1.33. The van der Waals surface area contributed by atoms with E-state index in [1.165, 1.54) is 19.1 Å². The van der Waals surface area contributed by atoms with Gasteiger partial charge in [-0.2, -0.15) is 8.42 Å². The van der Waals surface area contributed by atoms with Gasteiger partial charge in [0.1, 0.15) is 0 Å². The van der Waals surface area contributed by atoms with Gasteiger partial charge in [0.05, 0.1) is 17.1 Å². The summed E-state index contributed by atoms with van der Waals surface area (Å²) in [7, 11) is -4.40. The molecule has 5 N–H and O–H groups in total. The van der Waals surface area contributed by atoms with Crippen molar-refractivity contribution in [3.05, 3.63) is 23.3 Å². The first-order chi connectivity index (χ1) is 8.62. The minimum atomic E-state index is -4.40. The van der Waals surface area contributed by atoms with Crippen LogP contribution in [0.4, 0.5) is 5.69 Å². The predicted molar refractivity (Wildman–Crippen MR) is 71.4 cm³/mol. The standard InChI is InChI=1S/C12H19NO5S/c1-7(14)5-9-10(6-8(2)15)12(19(16,17)18)4-3-11(9)13/h3-4,7-8,14-15H,5-6,13H2,1-2H3,(H,16,17,18). The van der Waals surface area contributed by atoms with E-state index < -0.39 is 22.3 Å². The van der Waals surface area contributed by atoms with Gasteiger partial charge in [-0.1, -0.05) is 0 Å². The van der Waals surface area contributed by atoms with Gasteiger partial charge in [0.2, 0.25) is 0 Å². The van der Waals surface area contributed by atoms with E-state index in [9.17, 15) is 23.2 Å². The molecule has 108 valence electrons. The minimum absolute atomic E-state index is 0.0300. The van der Waals surface area contributed by atoms with Crippen molar-refractivity contribution >= 4 is 15.8 Å². The lowest BCUT2D eigenvalue weighted by atomic mass is 9.96. The van der Waals surface area contributed by atoms with Crippen molar-refractivity contribution in [3.8, 4) is 0 Å². The molecule has 2 unspecified atom stereocenters. The van der Waals surface area contributed by atoms with Crippen LogP contribution in [0, 0.1) is 0 Å². The van der Waals surface area contributed by atoms with E-state index >= 15 is 0 Å². The predicted octanol–water partition coefficient (Wildman–Crippen LogP) is 0.362. The highest BCUT2D eigenvalue weighted by Gasteiger charge is 2.22. The Morgan fingerprint density at radius 3 is 2.00 bits per heavy atom. The Hall–Kier alpha value is -1.15. The van der Waals surface area contributed by atoms with Crippen LogP contribution in [0.3, 0.4) is 0 Å². The third-order valence-electron chi connectivity index (χ3n) is 2.70. The van der Waals surface area contributed by atoms with Gasteiger partial charge in [-0.05, 0) is 43.5 Å². The largest absolute Gasteiger partial charge is 0.398 e. The van der Waals surface area contributed by atoms with Gasteiger partial charge in [0.25, 0.3) is 10.1 Å². The molecule has 0 spiro atoms. The maximum atomic E-state index is 11.4. The molecule has 6 nitrogen and oxygen atoms in total. The fourth-order valence-corrected chi connectivity index (χ4v) is 2.74. The van der Waals surface area contributed by atoms with Crippen LogP contribution in [0.15, 0.2) is 17.0 Å². The van der Waals surface area contributed by atoms with Crippen LogP contribution in [-0.2, 0) is 23.0 Å². The molecule has 2 atom stereocenters. The Kier molecular flexibility index (Phi) is 4.92. The third-order valence-corrected chi connectivity index (χ3v) is 3.64. The highest BCUT2D eigenvalue weighted by atomic mass is 32.2. The fraction of sp³-hybridized carbons (Fsp3) is 0.500.